The number of carbonyl (C=O) groups is 1. The van der Waals surface area contributed by atoms with Crippen molar-refractivity contribution >= 4 is 11.5 Å². The Morgan fingerprint density at radius 2 is 1.61 bits per heavy atom. The second-order valence-electron chi connectivity index (χ2n) is 7.62. The summed E-state index contributed by atoms with van der Waals surface area (Å²) in [5, 5.41) is 0. The molecule has 0 spiro atoms. The summed E-state index contributed by atoms with van der Waals surface area (Å²) >= 11 is 0. The molecular weight excluding hydrogens is 386 g/mol. The molecule has 1 fully saturated rings. The van der Waals surface area contributed by atoms with Crippen molar-refractivity contribution in [1.82, 2.24) is 4.90 Å². The Balaban J connectivity index is 1.59. The lowest BCUT2D eigenvalue weighted by Gasteiger charge is -2.26. The van der Waals surface area contributed by atoms with Gasteiger partial charge in [0.1, 0.15) is 12.4 Å². The molecule has 1 aliphatic heterocycles. The summed E-state index contributed by atoms with van der Waals surface area (Å²) in [7, 11) is 0. The first-order chi connectivity index (χ1) is 15.2. The number of aryl methyl sites for hydroxylation is 1. The molecule has 1 heterocycles. The van der Waals surface area contributed by atoms with E-state index in [1.54, 1.807) is 6.08 Å². The normalized spacial score (nSPS) is 14.4. The quantitative estimate of drug-likeness (QED) is 0.542. The predicted octanol–water partition coefficient (Wildman–Crippen LogP) is 4.86. The van der Waals surface area contributed by atoms with Crippen LogP contribution >= 0.6 is 0 Å². The van der Waals surface area contributed by atoms with Crippen LogP contribution < -0.4 is 4.74 Å². The number of amides is 1. The Morgan fingerprint density at radius 1 is 0.935 bits per heavy atom. The number of ether oxygens (including phenoxy) is 2. The third-order valence-electron chi connectivity index (χ3n) is 5.40. The van der Waals surface area contributed by atoms with E-state index in [1.165, 1.54) is 0 Å². The topological polar surface area (TPSA) is 38.8 Å². The highest BCUT2D eigenvalue weighted by Gasteiger charge is 2.17. The van der Waals surface area contributed by atoms with Crippen LogP contribution in [0.2, 0.25) is 0 Å². The lowest BCUT2D eigenvalue weighted by Crippen LogP contribution is -2.39. The number of carbonyl (C=O) groups excluding carboxylic acids is 1. The Labute approximate surface area is 183 Å². The van der Waals surface area contributed by atoms with E-state index in [1.807, 2.05) is 72.5 Å². The molecule has 31 heavy (non-hydrogen) atoms. The van der Waals surface area contributed by atoms with Gasteiger partial charge in [-0.25, -0.2) is 0 Å². The summed E-state index contributed by atoms with van der Waals surface area (Å²) in [4.78, 5) is 14.8. The zero-order valence-electron chi connectivity index (χ0n) is 17.8. The molecule has 1 aliphatic rings. The smallest absolute Gasteiger partial charge is 0.247 e. The molecule has 0 radical (unpaired) electrons. The van der Waals surface area contributed by atoms with Gasteiger partial charge < -0.3 is 14.4 Å². The molecule has 0 atom stereocenters. The fourth-order valence-corrected chi connectivity index (χ4v) is 3.66. The van der Waals surface area contributed by atoms with Crippen LogP contribution in [0, 0.1) is 6.92 Å². The van der Waals surface area contributed by atoms with E-state index < -0.39 is 0 Å². The first-order valence-corrected chi connectivity index (χ1v) is 10.6. The van der Waals surface area contributed by atoms with E-state index >= 15 is 0 Å². The number of hydrogen-bond donors (Lipinski definition) is 0. The summed E-state index contributed by atoms with van der Waals surface area (Å²) in [6.45, 7) is 5.00. The van der Waals surface area contributed by atoms with Crippen molar-refractivity contribution in [3.8, 4) is 5.75 Å². The lowest BCUT2D eigenvalue weighted by atomic mass is 9.95. The van der Waals surface area contributed by atoms with Crippen molar-refractivity contribution in [1.29, 1.82) is 0 Å². The fraction of sp³-hybridized carbons (Fsp3) is 0.222. The number of rotatable bonds is 6. The molecule has 4 rings (SSSR count). The van der Waals surface area contributed by atoms with Crippen molar-refractivity contribution in [2.75, 3.05) is 26.3 Å². The van der Waals surface area contributed by atoms with Gasteiger partial charge in [-0.05, 0) is 46.9 Å². The lowest BCUT2D eigenvalue weighted by molar-refractivity contribution is -0.129. The van der Waals surface area contributed by atoms with E-state index in [4.69, 9.17) is 9.47 Å². The summed E-state index contributed by atoms with van der Waals surface area (Å²) in [5.74, 6) is 0.865. The SMILES string of the molecule is Cc1cc(C(=CC(=O)N2CCOCC2)c2ccccc2)ccc1OCc1ccccc1. The molecule has 0 aromatic heterocycles. The molecule has 3 aromatic rings. The monoisotopic (exact) mass is 413 g/mol. The highest BCUT2D eigenvalue weighted by molar-refractivity contribution is 5.99. The van der Waals surface area contributed by atoms with E-state index in [0.717, 1.165) is 33.6 Å². The molecule has 0 saturated carbocycles. The van der Waals surface area contributed by atoms with Gasteiger partial charge in [-0.15, -0.1) is 0 Å². The maximum Gasteiger partial charge on any atom is 0.247 e. The maximum absolute atomic E-state index is 12.9. The third kappa shape index (κ3) is 5.41. The van der Waals surface area contributed by atoms with E-state index in [2.05, 4.69) is 18.2 Å². The minimum atomic E-state index is 0.0178. The number of morpholine rings is 1. The van der Waals surface area contributed by atoms with E-state index in [9.17, 15) is 4.79 Å². The summed E-state index contributed by atoms with van der Waals surface area (Å²) < 4.78 is 11.4. The Morgan fingerprint density at radius 3 is 2.29 bits per heavy atom. The van der Waals surface area contributed by atoms with Gasteiger partial charge in [0.05, 0.1) is 13.2 Å². The van der Waals surface area contributed by atoms with Crippen LogP contribution in [0.3, 0.4) is 0 Å². The van der Waals surface area contributed by atoms with Crippen LogP contribution in [-0.2, 0) is 16.1 Å². The second kappa shape index (κ2) is 10.1. The second-order valence-corrected chi connectivity index (χ2v) is 7.62. The van der Waals surface area contributed by atoms with Crippen molar-refractivity contribution in [3.63, 3.8) is 0 Å². The molecule has 4 nitrogen and oxygen atoms in total. The molecule has 1 saturated heterocycles. The Kier molecular flexibility index (Phi) is 6.80. The maximum atomic E-state index is 12.9. The van der Waals surface area contributed by atoms with Gasteiger partial charge >= 0.3 is 0 Å². The standard InChI is InChI=1S/C27H27NO3/c1-21-18-24(12-13-26(21)31-20-22-8-4-2-5-9-22)25(23-10-6-3-7-11-23)19-27(29)28-14-16-30-17-15-28/h2-13,18-19H,14-17,20H2,1H3. The molecule has 158 valence electrons. The van der Waals surface area contributed by atoms with Crippen LogP contribution in [0.15, 0.2) is 84.9 Å². The van der Waals surface area contributed by atoms with Gasteiger partial charge in [-0.3, -0.25) is 4.79 Å². The van der Waals surface area contributed by atoms with Gasteiger partial charge in [0.2, 0.25) is 5.91 Å². The molecule has 1 amide bonds. The molecular formula is C27H27NO3. The molecule has 3 aromatic carbocycles. The highest BCUT2D eigenvalue weighted by Crippen LogP contribution is 2.28. The minimum absolute atomic E-state index is 0.0178. The van der Waals surface area contributed by atoms with E-state index in [-0.39, 0.29) is 5.91 Å². The largest absolute Gasteiger partial charge is 0.489 e. The summed E-state index contributed by atoms with van der Waals surface area (Å²) in [5.41, 5.74) is 5.09. The van der Waals surface area contributed by atoms with Crippen LogP contribution in [0.1, 0.15) is 22.3 Å². The fourth-order valence-electron chi connectivity index (χ4n) is 3.66. The van der Waals surface area contributed by atoms with Crippen LogP contribution in [0.5, 0.6) is 5.75 Å². The first kappa shape index (κ1) is 20.9. The molecule has 0 aliphatic carbocycles. The highest BCUT2D eigenvalue weighted by atomic mass is 16.5. The summed E-state index contributed by atoms with van der Waals surface area (Å²) in [6.07, 6.45) is 1.75. The number of hydrogen-bond acceptors (Lipinski definition) is 3. The Bertz CT molecular complexity index is 1040. The van der Waals surface area contributed by atoms with Crippen LogP contribution in [0.25, 0.3) is 5.57 Å². The summed E-state index contributed by atoms with van der Waals surface area (Å²) in [6, 6.07) is 26.3. The van der Waals surface area contributed by atoms with Gasteiger partial charge in [-0.2, -0.15) is 0 Å². The predicted molar refractivity (Wildman–Crippen MR) is 123 cm³/mol. The van der Waals surface area contributed by atoms with Crippen molar-refractivity contribution < 1.29 is 14.3 Å². The molecule has 4 heteroatoms. The van der Waals surface area contributed by atoms with Gasteiger partial charge in [-0.1, -0.05) is 66.7 Å². The zero-order chi connectivity index (χ0) is 21.5. The average Bonchev–Trinajstić information content (AvgIpc) is 2.83. The number of nitrogens with zero attached hydrogens (tertiary/aromatic N) is 1. The van der Waals surface area contributed by atoms with Gasteiger partial charge in [0.25, 0.3) is 0 Å². The number of benzene rings is 3. The van der Waals surface area contributed by atoms with Gasteiger partial charge in [0, 0.05) is 19.2 Å². The molecule has 0 bridgehead atoms. The Hall–Kier alpha value is -3.37. The van der Waals surface area contributed by atoms with Gasteiger partial charge in [0.15, 0.2) is 0 Å². The van der Waals surface area contributed by atoms with Crippen molar-refractivity contribution in [2.24, 2.45) is 0 Å². The van der Waals surface area contributed by atoms with Crippen LogP contribution in [-0.4, -0.2) is 37.1 Å². The van der Waals surface area contributed by atoms with E-state index in [0.29, 0.717) is 32.9 Å². The first-order valence-electron chi connectivity index (χ1n) is 10.6. The minimum Gasteiger partial charge on any atom is -0.489 e. The zero-order valence-corrected chi connectivity index (χ0v) is 17.8. The average molecular weight is 414 g/mol. The van der Waals surface area contributed by atoms with Crippen LogP contribution in [0.4, 0.5) is 0 Å². The molecule has 0 unspecified atom stereocenters. The molecule has 0 N–H and O–H groups in total. The third-order valence-corrected chi connectivity index (χ3v) is 5.40. The van der Waals surface area contributed by atoms with Crippen molar-refractivity contribution in [2.45, 2.75) is 13.5 Å². The van der Waals surface area contributed by atoms with Crippen molar-refractivity contribution in [3.05, 3.63) is 107 Å².